The number of carboxylic acids is 1. The van der Waals surface area contributed by atoms with Crippen LogP contribution < -0.4 is 5.32 Å². The Morgan fingerprint density at radius 2 is 1.14 bits per heavy atom. The van der Waals surface area contributed by atoms with Crippen LogP contribution in [0.1, 0.15) is 30.6 Å². The summed E-state index contributed by atoms with van der Waals surface area (Å²) in [6.07, 6.45) is -0.910. The number of carbonyl (C=O) groups excluding carboxylic acids is 1. The maximum Gasteiger partial charge on any atom is 0.329 e. The summed E-state index contributed by atoms with van der Waals surface area (Å²) in [7, 11) is -9.22. The molecule has 0 aliphatic carbocycles. The van der Waals surface area contributed by atoms with Gasteiger partial charge in [-0.25, -0.2) is 21.6 Å². The predicted octanol–water partition coefficient (Wildman–Crippen LogP) is 3.56. The zero-order valence-corrected chi connectivity index (χ0v) is 21.4. The van der Waals surface area contributed by atoms with Gasteiger partial charge in [0.2, 0.25) is 0 Å². The molecule has 36 heavy (non-hydrogen) atoms. The SMILES string of the molecule is CC(C)[C@](CC(S(=O)(=O)c1ccccc1)S(=O)(=O)c1ccccc1)(NC(=O)c1ccccc1)C(=O)O. The largest absolute Gasteiger partial charge is 0.479 e. The second-order valence-electron chi connectivity index (χ2n) is 8.60. The molecule has 0 aliphatic heterocycles. The third-order valence-electron chi connectivity index (χ3n) is 6.06. The lowest BCUT2D eigenvalue weighted by molar-refractivity contribution is -0.146. The van der Waals surface area contributed by atoms with Crippen molar-refractivity contribution in [3.63, 3.8) is 0 Å². The van der Waals surface area contributed by atoms with Crippen LogP contribution in [0.2, 0.25) is 0 Å². The summed E-state index contributed by atoms with van der Waals surface area (Å²) >= 11 is 0. The van der Waals surface area contributed by atoms with Crippen molar-refractivity contribution in [3.8, 4) is 0 Å². The molecule has 3 aromatic rings. The number of sulfone groups is 2. The lowest BCUT2D eigenvalue weighted by Gasteiger charge is -2.36. The normalized spacial score (nSPS) is 13.8. The highest BCUT2D eigenvalue weighted by Crippen LogP contribution is 2.35. The van der Waals surface area contributed by atoms with Crippen LogP contribution in [-0.2, 0) is 24.5 Å². The molecule has 0 fully saturated rings. The van der Waals surface area contributed by atoms with Gasteiger partial charge in [-0.15, -0.1) is 0 Å². The van der Waals surface area contributed by atoms with Gasteiger partial charge in [-0.2, -0.15) is 0 Å². The first-order chi connectivity index (χ1) is 16.9. The standard InChI is InChI=1S/C26H27NO7S2/c1-19(2)26(25(29)30,27-24(28)20-12-6-3-7-13-20)18-23(35(31,32)21-14-8-4-9-15-21)36(33,34)22-16-10-5-11-17-22/h3-17,19,23H,18H2,1-2H3,(H,27,28)(H,29,30)/t26-/m0/s1. The van der Waals surface area contributed by atoms with Crippen LogP contribution in [0.4, 0.5) is 0 Å². The predicted molar refractivity (Wildman–Crippen MR) is 135 cm³/mol. The van der Waals surface area contributed by atoms with Crippen LogP contribution in [0.25, 0.3) is 0 Å². The number of aliphatic carboxylic acids is 1. The summed E-state index contributed by atoms with van der Waals surface area (Å²) < 4.78 is 52.8. The van der Waals surface area contributed by atoms with E-state index in [2.05, 4.69) is 5.32 Å². The fourth-order valence-electron chi connectivity index (χ4n) is 3.86. The number of benzene rings is 3. The van der Waals surface area contributed by atoms with E-state index in [4.69, 9.17) is 0 Å². The van der Waals surface area contributed by atoms with Gasteiger partial charge in [0.15, 0.2) is 24.3 Å². The van der Waals surface area contributed by atoms with Crippen molar-refractivity contribution in [2.24, 2.45) is 5.92 Å². The van der Waals surface area contributed by atoms with Gasteiger partial charge < -0.3 is 10.4 Å². The third kappa shape index (κ3) is 5.34. The number of carbonyl (C=O) groups is 2. The Morgan fingerprint density at radius 1 is 0.750 bits per heavy atom. The average Bonchev–Trinajstić information content (AvgIpc) is 2.87. The molecule has 1 atom stereocenters. The van der Waals surface area contributed by atoms with Crippen molar-refractivity contribution < 1.29 is 31.5 Å². The molecule has 0 spiro atoms. The number of rotatable bonds is 10. The van der Waals surface area contributed by atoms with Crippen LogP contribution in [0, 0.1) is 5.92 Å². The molecule has 0 aromatic heterocycles. The molecule has 10 heteroatoms. The van der Waals surface area contributed by atoms with Gasteiger partial charge in [0, 0.05) is 12.0 Å². The first kappa shape index (κ1) is 27.1. The lowest BCUT2D eigenvalue weighted by Crippen LogP contribution is -2.61. The average molecular weight is 530 g/mol. The molecule has 0 radical (unpaired) electrons. The highest BCUT2D eigenvalue weighted by atomic mass is 32.3. The molecule has 1 amide bonds. The van der Waals surface area contributed by atoms with Gasteiger partial charge in [-0.05, 0) is 42.3 Å². The minimum atomic E-state index is -4.61. The summed E-state index contributed by atoms with van der Waals surface area (Å²) in [6, 6.07) is 21.8. The Labute approximate surface area is 210 Å². The van der Waals surface area contributed by atoms with E-state index in [-0.39, 0.29) is 15.4 Å². The molecular weight excluding hydrogens is 502 g/mol. The van der Waals surface area contributed by atoms with Crippen LogP contribution in [-0.4, -0.2) is 43.9 Å². The molecule has 0 heterocycles. The van der Waals surface area contributed by atoms with E-state index in [1.807, 2.05) is 0 Å². The minimum Gasteiger partial charge on any atom is -0.479 e. The monoisotopic (exact) mass is 529 g/mol. The Bertz CT molecular complexity index is 1350. The van der Waals surface area contributed by atoms with Crippen molar-refractivity contribution in [1.82, 2.24) is 5.32 Å². The highest BCUT2D eigenvalue weighted by molar-refractivity contribution is 8.09. The second-order valence-corrected chi connectivity index (χ2v) is 13.2. The fraction of sp³-hybridized carbons (Fsp3) is 0.231. The number of hydrogen-bond donors (Lipinski definition) is 2. The Hall–Kier alpha value is -3.50. The quantitative estimate of drug-likeness (QED) is 0.410. The molecular formula is C26H27NO7S2. The Morgan fingerprint density at radius 3 is 1.50 bits per heavy atom. The zero-order valence-electron chi connectivity index (χ0n) is 19.7. The smallest absolute Gasteiger partial charge is 0.329 e. The van der Waals surface area contributed by atoms with Crippen molar-refractivity contribution in [2.45, 2.75) is 40.2 Å². The van der Waals surface area contributed by atoms with E-state index < -0.39 is 54.0 Å². The molecule has 190 valence electrons. The van der Waals surface area contributed by atoms with Gasteiger partial charge >= 0.3 is 5.97 Å². The molecule has 3 rings (SSSR count). The molecule has 8 nitrogen and oxygen atoms in total. The van der Waals surface area contributed by atoms with E-state index in [9.17, 15) is 31.5 Å². The first-order valence-corrected chi connectivity index (χ1v) is 14.2. The number of nitrogens with one attached hydrogen (secondary N) is 1. The molecule has 0 aliphatic rings. The summed E-state index contributed by atoms with van der Waals surface area (Å²) in [4.78, 5) is 25.2. The number of amides is 1. The summed E-state index contributed by atoms with van der Waals surface area (Å²) in [5.74, 6) is -3.18. The molecule has 0 bridgehead atoms. The minimum absolute atomic E-state index is 0.150. The van der Waals surface area contributed by atoms with Crippen LogP contribution in [0.5, 0.6) is 0 Å². The Balaban J connectivity index is 2.21. The van der Waals surface area contributed by atoms with Crippen molar-refractivity contribution in [1.29, 1.82) is 0 Å². The van der Waals surface area contributed by atoms with Crippen molar-refractivity contribution in [3.05, 3.63) is 96.6 Å². The summed E-state index contributed by atoms with van der Waals surface area (Å²) in [6.45, 7) is 2.97. The van der Waals surface area contributed by atoms with E-state index in [0.717, 1.165) is 0 Å². The van der Waals surface area contributed by atoms with Crippen LogP contribution in [0.3, 0.4) is 0 Å². The van der Waals surface area contributed by atoms with Crippen LogP contribution in [0.15, 0.2) is 101 Å². The highest BCUT2D eigenvalue weighted by Gasteiger charge is 2.52. The molecule has 2 N–H and O–H groups in total. The first-order valence-electron chi connectivity index (χ1n) is 11.1. The van der Waals surface area contributed by atoms with Crippen molar-refractivity contribution in [2.75, 3.05) is 0 Å². The number of hydrogen-bond acceptors (Lipinski definition) is 6. The van der Waals surface area contributed by atoms with Gasteiger partial charge in [0.05, 0.1) is 9.79 Å². The van der Waals surface area contributed by atoms with Gasteiger partial charge in [0.25, 0.3) is 5.91 Å². The van der Waals surface area contributed by atoms with E-state index in [1.165, 1.54) is 74.5 Å². The van der Waals surface area contributed by atoms with Crippen LogP contribution >= 0.6 is 0 Å². The number of carboxylic acid groups (broad SMARTS) is 1. The van der Waals surface area contributed by atoms with Crippen molar-refractivity contribution >= 4 is 31.6 Å². The third-order valence-corrected chi connectivity index (χ3v) is 11.2. The molecule has 0 unspecified atom stereocenters. The maximum absolute atomic E-state index is 13.7. The van der Waals surface area contributed by atoms with E-state index >= 15 is 0 Å². The van der Waals surface area contributed by atoms with Gasteiger partial charge in [-0.1, -0.05) is 68.4 Å². The van der Waals surface area contributed by atoms with Gasteiger partial charge in [-0.3, -0.25) is 4.79 Å². The summed E-state index contributed by atoms with van der Waals surface area (Å²) in [5.41, 5.74) is -2.07. The topological polar surface area (TPSA) is 135 Å². The second kappa shape index (κ2) is 10.6. The molecule has 0 saturated carbocycles. The zero-order chi connectivity index (χ0) is 26.6. The lowest BCUT2D eigenvalue weighted by atomic mass is 9.83. The molecule has 0 saturated heterocycles. The van der Waals surface area contributed by atoms with E-state index in [0.29, 0.717) is 0 Å². The van der Waals surface area contributed by atoms with E-state index in [1.54, 1.807) is 30.3 Å². The maximum atomic E-state index is 13.7. The fourth-order valence-corrected chi connectivity index (χ4v) is 8.50. The Kier molecular flexibility index (Phi) is 8.00. The molecule has 3 aromatic carbocycles. The summed E-state index contributed by atoms with van der Waals surface area (Å²) in [5, 5.41) is 12.8. The van der Waals surface area contributed by atoms with Gasteiger partial charge in [0.1, 0.15) is 5.54 Å².